The molecule has 2 nitrogen and oxygen atoms in total. The van der Waals surface area contributed by atoms with Crippen LogP contribution in [0.4, 0.5) is 0 Å². The molecule has 1 saturated heterocycles. The summed E-state index contributed by atoms with van der Waals surface area (Å²) >= 11 is 0. The smallest absolute Gasteiger partial charge is 0.316 e. The minimum absolute atomic E-state index is 0.0960. The topological polar surface area (TPSA) is 26.3 Å². The summed E-state index contributed by atoms with van der Waals surface area (Å²) in [6, 6.07) is 8.10. The first-order chi connectivity index (χ1) is 6.63. The highest BCUT2D eigenvalue weighted by Gasteiger charge is 2.41. The molecule has 1 atom stereocenters. The molecule has 0 bridgehead atoms. The Kier molecular flexibility index (Phi) is 2.06. The van der Waals surface area contributed by atoms with Crippen molar-refractivity contribution in [2.24, 2.45) is 0 Å². The Morgan fingerprint density at radius 1 is 1.29 bits per heavy atom. The third-order valence-electron chi connectivity index (χ3n) is 2.97. The minimum Gasteiger partial charge on any atom is -0.465 e. The van der Waals surface area contributed by atoms with E-state index < -0.39 is 5.41 Å². The fourth-order valence-electron chi connectivity index (χ4n) is 1.79. The number of cyclic esters (lactones) is 1. The monoisotopic (exact) mass is 190 g/mol. The quantitative estimate of drug-likeness (QED) is 0.634. The number of esters is 1. The average molecular weight is 190 g/mol. The summed E-state index contributed by atoms with van der Waals surface area (Å²) in [5.41, 5.74) is 1.85. The van der Waals surface area contributed by atoms with Gasteiger partial charge in [0.25, 0.3) is 0 Å². The SMILES string of the molecule is Cc1ccc([C@]2(C)CCOC2=O)cc1. The van der Waals surface area contributed by atoms with Crippen LogP contribution >= 0.6 is 0 Å². The van der Waals surface area contributed by atoms with Crippen LogP contribution in [0.1, 0.15) is 24.5 Å². The van der Waals surface area contributed by atoms with Crippen LogP contribution in [-0.2, 0) is 14.9 Å². The number of carbonyl (C=O) groups is 1. The number of aryl methyl sites for hydroxylation is 1. The maximum Gasteiger partial charge on any atom is 0.316 e. The third kappa shape index (κ3) is 1.31. The lowest BCUT2D eigenvalue weighted by molar-refractivity contribution is -0.142. The van der Waals surface area contributed by atoms with Gasteiger partial charge in [0.15, 0.2) is 0 Å². The Hall–Kier alpha value is -1.31. The zero-order valence-corrected chi connectivity index (χ0v) is 8.54. The summed E-state index contributed by atoms with van der Waals surface area (Å²) in [5.74, 6) is -0.0960. The fraction of sp³-hybridized carbons (Fsp3) is 0.417. The van der Waals surface area contributed by atoms with Gasteiger partial charge in [0, 0.05) is 6.42 Å². The predicted octanol–water partition coefficient (Wildman–Crippen LogP) is 2.20. The maximum atomic E-state index is 11.6. The van der Waals surface area contributed by atoms with E-state index in [4.69, 9.17) is 4.74 Å². The number of rotatable bonds is 1. The molecule has 74 valence electrons. The lowest BCUT2D eigenvalue weighted by atomic mass is 9.81. The standard InChI is InChI=1S/C12H14O2/c1-9-3-5-10(6-4-9)12(2)7-8-14-11(12)13/h3-6H,7-8H2,1-2H3/t12-/m0/s1. The summed E-state index contributed by atoms with van der Waals surface area (Å²) in [5, 5.41) is 0. The molecule has 2 heteroatoms. The Bertz CT molecular complexity index is 353. The number of ether oxygens (including phenoxy) is 1. The first-order valence-corrected chi connectivity index (χ1v) is 4.87. The molecule has 1 heterocycles. The number of hydrogen-bond donors (Lipinski definition) is 0. The van der Waals surface area contributed by atoms with Gasteiger partial charge < -0.3 is 4.74 Å². The van der Waals surface area contributed by atoms with E-state index in [1.807, 2.05) is 38.1 Å². The molecule has 0 radical (unpaired) electrons. The molecule has 0 N–H and O–H groups in total. The third-order valence-corrected chi connectivity index (χ3v) is 2.97. The molecule has 1 fully saturated rings. The normalized spacial score (nSPS) is 26.3. The molecular weight excluding hydrogens is 176 g/mol. The zero-order chi connectivity index (χ0) is 10.2. The molecule has 1 aliphatic heterocycles. The highest BCUT2D eigenvalue weighted by molar-refractivity contribution is 5.84. The Morgan fingerprint density at radius 3 is 2.43 bits per heavy atom. The summed E-state index contributed by atoms with van der Waals surface area (Å²) in [6.07, 6.45) is 0.787. The summed E-state index contributed by atoms with van der Waals surface area (Å²) in [6.45, 7) is 4.54. The van der Waals surface area contributed by atoms with Gasteiger partial charge in [0.1, 0.15) is 0 Å². The van der Waals surface area contributed by atoms with Crippen molar-refractivity contribution in [3.05, 3.63) is 35.4 Å². The average Bonchev–Trinajstić information content (AvgIpc) is 2.49. The predicted molar refractivity (Wildman–Crippen MR) is 54.1 cm³/mol. The van der Waals surface area contributed by atoms with Gasteiger partial charge in [-0.2, -0.15) is 0 Å². The molecule has 0 spiro atoms. The molecule has 0 aromatic heterocycles. The van der Waals surface area contributed by atoms with Gasteiger partial charge in [-0.05, 0) is 19.4 Å². The van der Waals surface area contributed by atoms with Crippen LogP contribution in [0.3, 0.4) is 0 Å². The first-order valence-electron chi connectivity index (χ1n) is 4.87. The zero-order valence-electron chi connectivity index (χ0n) is 8.54. The molecule has 0 saturated carbocycles. The molecule has 14 heavy (non-hydrogen) atoms. The fourth-order valence-corrected chi connectivity index (χ4v) is 1.79. The second-order valence-corrected chi connectivity index (χ2v) is 4.08. The van der Waals surface area contributed by atoms with Gasteiger partial charge in [-0.25, -0.2) is 0 Å². The van der Waals surface area contributed by atoms with Crippen molar-refractivity contribution in [1.29, 1.82) is 0 Å². The van der Waals surface area contributed by atoms with Crippen LogP contribution < -0.4 is 0 Å². The van der Waals surface area contributed by atoms with E-state index in [0.29, 0.717) is 6.61 Å². The Morgan fingerprint density at radius 2 is 1.93 bits per heavy atom. The first kappa shape index (κ1) is 9.25. The lowest BCUT2D eigenvalue weighted by Crippen LogP contribution is -2.27. The summed E-state index contributed by atoms with van der Waals surface area (Å²) < 4.78 is 5.01. The highest BCUT2D eigenvalue weighted by atomic mass is 16.5. The van der Waals surface area contributed by atoms with Crippen LogP contribution in [0, 0.1) is 6.92 Å². The number of carbonyl (C=O) groups excluding carboxylic acids is 1. The van der Waals surface area contributed by atoms with Gasteiger partial charge in [0.05, 0.1) is 12.0 Å². The van der Waals surface area contributed by atoms with Crippen molar-refractivity contribution in [3.8, 4) is 0 Å². The molecule has 0 aliphatic carbocycles. The van der Waals surface area contributed by atoms with Crippen molar-refractivity contribution >= 4 is 5.97 Å². The number of hydrogen-bond acceptors (Lipinski definition) is 2. The second kappa shape index (κ2) is 3.12. The van der Waals surface area contributed by atoms with Crippen molar-refractivity contribution in [3.63, 3.8) is 0 Å². The van der Waals surface area contributed by atoms with Crippen LogP contribution in [-0.4, -0.2) is 12.6 Å². The molecule has 1 aromatic rings. The van der Waals surface area contributed by atoms with Gasteiger partial charge in [0.2, 0.25) is 0 Å². The lowest BCUT2D eigenvalue weighted by Gasteiger charge is -2.19. The van der Waals surface area contributed by atoms with Crippen LogP contribution in [0.2, 0.25) is 0 Å². The van der Waals surface area contributed by atoms with E-state index in [0.717, 1.165) is 12.0 Å². The maximum absolute atomic E-state index is 11.6. The molecule has 0 amide bonds. The molecular formula is C12H14O2. The molecule has 0 unspecified atom stereocenters. The van der Waals surface area contributed by atoms with E-state index in [9.17, 15) is 4.79 Å². The van der Waals surface area contributed by atoms with E-state index in [2.05, 4.69) is 0 Å². The summed E-state index contributed by atoms with van der Waals surface area (Å²) in [7, 11) is 0. The van der Waals surface area contributed by atoms with Crippen molar-refractivity contribution in [1.82, 2.24) is 0 Å². The van der Waals surface area contributed by atoms with Gasteiger partial charge in [-0.1, -0.05) is 29.8 Å². The van der Waals surface area contributed by atoms with Gasteiger partial charge in [-0.3, -0.25) is 4.79 Å². The molecule has 1 aromatic carbocycles. The second-order valence-electron chi connectivity index (χ2n) is 4.08. The highest BCUT2D eigenvalue weighted by Crippen LogP contribution is 2.33. The van der Waals surface area contributed by atoms with Crippen LogP contribution in [0.5, 0.6) is 0 Å². The summed E-state index contributed by atoms with van der Waals surface area (Å²) in [4.78, 5) is 11.6. The largest absolute Gasteiger partial charge is 0.465 e. The van der Waals surface area contributed by atoms with Crippen LogP contribution in [0.25, 0.3) is 0 Å². The minimum atomic E-state index is -0.423. The van der Waals surface area contributed by atoms with E-state index in [1.54, 1.807) is 0 Å². The van der Waals surface area contributed by atoms with Gasteiger partial charge in [-0.15, -0.1) is 0 Å². The van der Waals surface area contributed by atoms with Gasteiger partial charge >= 0.3 is 5.97 Å². The van der Waals surface area contributed by atoms with Crippen LogP contribution in [0.15, 0.2) is 24.3 Å². The molecule has 2 rings (SSSR count). The number of benzene rings is 1. The van der Waals surface area contributed by atoms with Crippen molar-refractivity contribution < 1.29 is 9.53 Å². The van der Waals surface area contributed by atoms with Crippen molar-refractivity contribution in [2.75, 3.05) is 6.61 Å². The molecule has 1 aliphatic rings. The van der Waals surface area contributed by atoms with E-state index >= 15 is 0 Å². The Balaban J connectivity index is 2.38. The Labute approximate surface area is 83.9 Å². The van der Waals surface area contributed by atoms with E-state index in [-0.39, 0.29) is 5.97 Å². The van der Waals surface area contributed by atoms with Crippen molar-refractivity contribution in [2.45, 2.75) is 25.7 Å². The van der Waals surface area contributed by atoms with E-state index in [1.165, 1.54) is 5.56 Å².